The third-order valence-electron chi connectivity index (χ3n) is 13.4. The van der Waals surface area contributed by atoms with Crippen LogP contribution < -0.4 is 0 Å². The van der Waals surface area contributed by atoms with Crippen molar-refractivity contribution in [3.8, 4) is 0 Å². The predicted molar refractivity (Wildman–Crippen MR) is 233 cm³/mol. The summed E-state index contributed by atoms with van der Waals surface area (Å²) in [4.78, 5) is 0. The molecular formula is C49H80O6Si. The maximum absolute atomic E-state index is 7.01. The highest BCUT2D eigenvalue weighted by Crippen LogP contribution is 2.53. The van der Waals surface area contributed by atoms with Crippen molar-refractivity contribution in [2.75, 3.05) is 26.4 Å². The maximum atomic E-state index is 7.01. The van der Waals surface area contributed by atoms with Gasteiger partial charge in [-0.25, -0.2) is 0 Å². The van der Waals surface area contributed by atoms with Crippen molar-refractivity contribution in [3.63, 3.8) is 0 Å². The van der Waals surface area contributed by atoms with Crippen LogP contribution in [0.15, 0.2) is 65.5 Å². The summed E-state index contributed by atoms with van der Waals surface area (Å²) in [6, 6.07) is 10.5. The molecule has 2 aliphatic heterocycles. The van der Waals surface area contributed by atoms with E-state index in [4.69, 9.17) is 28.1 Å². The zero-order chi connectivity index (χ0) is 40.0. The number of ether oxygens (including phenoxy) is 5. The zero-order valence-electron chi connectivity index (χ0n) is 36.8. The summed E-state index contributed by atoms with van der Waals surface area (Å²) in [5, 5.41) is 0.182. The van der Waals surface area contributed by atoms with Gasteiger partial charge < -0.3 is 28.1 Å². The van der Waals surface area contributed by atoms with Crippen molar-refractivity contribution in [3.05, 3.63) is 71.0 Å². The molecule has 3 fully saturated rings. The van der Waals surface area contributed by atoms with Crippen molar-refractivity contribution in [2.45, 2.75) is 181 Å². The van der Waals surface area contributed by atoms with E-state index in [2.05, 4.69) is 103 Å². The van der Waals surface area contributed by atoms with E-state index in [1.165, 1.54) is 24.0 Å². The van der Waals surface area contributed by atoms with E-state index >= 15 is 0 Å². The third kappa shape index (κ3) is 14.2. The highest BCUT2D eigenvalue weighted by Gasteiger charge is 2.50. The first-order valence-corrected chi connectivity index (χ1v) is 25.7. The normalized spacial score (nSPS) is 27.1. The molecule has 0 amide bonds. The topological polar surface area (TPSA) is 55.4 Å². The first kappa shape index (κ1) is 45.3. The van der Waals surface area contributed by atoms with Gasteiger partial charge in [-0.15, -0.1) is 0 Å². The lowest BCUT2D eigenvalue weighted by atomic mass is 9.89. The molecule has 316 valence electrons. The molecule has 0 bridgehead atoms. The Labute approximate surface area is 343 Å². The smallest absolute Gasteiger partial charge is 0.199 e. The summed E-state index contributed by atoms with van der Waals surface area (Å²) in [7, 11) is -1.91. The van der Waals surface area contributed by atoms with Gasteiger partial charge in [0.15, 0.2) is 20.9 Å². The molecule has 0 N–H and O–H groups in total. The molecule has 56 heavy (non-hydrogen) atoms. The minimum absolute atomic E-state index is 0.0829. The first-order chi connectivity index (χ1) is 26.9. The molecule has 6 nitrogen and oxygen atoms in total. The van der Waals surface area contributed by atoms with E-state index in [1.807, 2.05) is 0 Å². The van der Waals surface area contributed by atoms with Gasteiger partial charge in [0.05, 0.1) is 19.3 Å². The molecule has 8 atom stereocenters. The molecule has 2 aliphatic carbocycles. The van der Waals surface area contributed by atoms with Crippen LogP contribution in [0, 0.1) is 29.6 Å². The van der Waals surface area contributed by atoms with Crippen molar-refractivity contribution >= 4 is 8.32 Å². The molecule has 1 aromatic carbocycles. The predicted octanol–water partition coefficient (Wildman–Crippen LogP) is 13.1. The highest BCUT2D eigenvalue weighted by atomic mass is 28.4. The standard InChI is InChI=1S/C49H80O6Si/c1-37(2)20-18-21-38(3)22-19-26-44(54-46-27-13-16-30-51-46)48-43-33-41(32-42(43)34-45(48)55-47-28-14-17-31-52-47)40(36-53-56(7,8)49(4,5)6)25-12-15-29-50-35-39-23-10-9-11-24-39/h9-11,20,23-24,26,33,38,40,42-43,45-48H,12-19,21-22,25,27-32,34-36H2,1-8H3/t38-,40?,42?,43?,45-,46?,47?,48+/m1/s1. The van der Waals surface area contributed by atoms with Crippen molar-refractivity contribution in [1.29, 1.82) is 0 Å². The number of benzene rings is 1. The lowest BCUT2D eigenvalue weighted by Gasteiger charge is -2.37. The molecule has 7 heteroatoms. The summed E-state index contributed by atoms with van der Waals surface area (Å²) < 4.78 is 39.5. The largest absolute Gasteiger partial charge is 0.469 e. The van der Waals surface area contributed by atoms with Crippen LogP contribution in [0.3, 0.4) is 0 Å². The number of allylic oxidation sites excluding steroid dienone is 4. The molecule has 1 aromatic rings. The fourth-order valence-corrected chi connectivity index (χ4v) is 9.89. The average Bonchev–Trinajstić information content (AvgIpc) is 3.72. The number of hydrogen-bond donors (Lipinski definition) is 0. The summed E-state index contributed by atoms with van der Waals surface area (Å²) >= 11 is 0. The third-order valence-corrected chi connectivity index (χ3v) is 17.9. The van der Waals surface area contributed by atoms with Gasteiger partial charge in [-0.3, -0.25) is 0 Å². The zero-order valence-corrected chi connectivity index (χ0v) is 37.8. The number of hydrogen-bond acceptors (Lipinski definition) is 6. The Hall–Kier alpha value is -1.74. The molecule has 5 rings (SSSR count). The van der Waals surface area contributed by atoms with Gasteiger partial charge >= 0.3 is 0 Å². The lowest BCUT2D eigenvalue weighted by molar-refractivity contribution is -0.200. The van der Waals surface area contributed by atoms with Gasteiger partial charge in [0.25, 0.3) is 0 Å². The quantitative estimate of drug-likeness (QED) is 0.0504. The van der Waals surface area contributed by atoms with Crippen LogP contribution in [0.25, 0.3) is 0 Å². The fraction of sp³-hybridized carbons (Fsp3) is 0.755. The van der Waals surface area contributed by atoms with Gasteiger partial charge in [0.1, 0.15) is 5.76 Å². The number of unbranched alkanes of at least 4 members (excludes halogenated alkanes) is 1. The summed E-state index contributed by atoms with van der Waals surface area (Å²) in [5.41, 5.74) is 4.25. The van der Waals surface area contributed by atoms with E-state index in [1.54, 1.807) is 5.57 Å². The van der Waals surface area contributed by atoms with E-state index in [0.29, 0.717) is 30.3 Å². The van der Waals surface area contributed by atoms with Crippen LogP contribution in [-0.2, 0) is 34.7 Å². The van der Waals surface area contributed by atoms with E-state index in [-0.39, 0.29) is 29.6 Å². The Morgan fingerprint density at radius 2 is 1.59 bits per heavy atom. The Kier molecular flexibility index (Phi) is 18.3. The van der Waals surface area contributed by atoms with Crippen LogP contribution in [0.4, 0.5) is 0 Å². The second kappa shape index (κ2) is 22.6. The molecule has 2 saturated heterocycles. The SMILES string of the molecule is CC(C)=CCC[C@@H](C)CCC=C(OC1CCCCO1)[C@@H]1C2C=C(C(CCCCOCc3ccccc3)CO[Si](C)(C)C(C)(C)C)CC2C[C@H]1OC1CCCCO1. The van der Waals surface area contributed by atoms with E-state index in [0.717, 1.165) is 116 Å². The van der Waals surface area contributed by atoms with E-state index < -0.39 is 8.32 Å². The second-order valence-corrected chi connectivity index (χ2v) is 24.2. The van der Waals surface area contributed by atoms with Crippen LogP contribution in [0.1, 0.15) is 143 Å². The molecule has 5 unspecified atom stereocenters. The summed E-state index contributed by atoms with van der Waals surface area (Å²) in [5.74, 6) is 3.29. The minimum atomic E-state index is -1.91. The Balaban J connectivity index is 1.35. The molecule has 0 aromatic heterocycles. The average molecular weight is 793 g/mol. The molecule has 1 saturated carbocycles. The number of fused-ring (bicyclic) bond motifs is 1. The van der Waals surface area contributed by atoms with Crippen LogP contribution >= 0.6 is 0 Å². The number of rotatable bonds is 22. The molecule has 0 spiro atoms. The monoisotopic (exact) mass is 793 g/mol. The molecular weight excluding hydrogens is 713 g/mol. The van der Waals surface area contributed by atoms with Gasteiger partial charge in [-0.1, -0.05) is 87.7 Å². The minimum Gasteiger partial charge on any atom is -0.469 e. The van der Waals surface area contributed by atoms with Crippen LogP contribution in [-0.4, -0.2) is 53.4 Å². The summed E-state index contributed by atoms with van der Waals surface area (Å²) in [6.45, 7) is 22.5. The molecule has 2 heterocycles. The maximum Gasteiger partial charge on any atom is 0.199 e. The fourth-order valence-electron chi connectivity index (χ4n) is 8.84. The Morgan fingerprint density at radius 3 is 2.25 bits per heavy atom. The van der Waals surface area contributed by atoms with Gasteiger partial charge in [0, 0.05) is 38.1 Å². The van der Waals surface area contributed by atoms with Crippen LogP contribution in [0.5, 0.6) is 0 Å². The molecule has 4 aliphatic rings. The van der Waals surface area contributed by atoms with Crippen LogP contribution in [0.2, 0.25) is 18.1 Å². The lowest BCUT2D eigenvalue weighted by Crippen LogP contribution is -2.42. The first-order valence-electron chi connectivity index (χ1n) is 22.7. The Morgan fingerprint density at radius 1 is 0.893 bits per heavy atom. The van der Waals surface area contributed by atoms with Crippen molar-refractivity contribution in [1.82, 2.24) is 0 Å². The second-order valence-electron chi connectivity index (χ2n) is 19.4. The van der Waals surface area contributed by atoms with Crippen molar-refractivity contribution in [2.24, 2.45) is 29.6 Å². The Bertz CT molecular complexity index is 1360. The highest BCUT2D eigenvalue weighted by molar-refractivity contribution is 6.74. The molecule has 0 radical (unpaired) electrons. The summed E-state index contributed by atoms with van der Waals surface area (Å²) in [6.07, 6.45) is 23.9. The van der Waals surface area contributed by atoms with E-state index in [9.17, 15) is 0 Å². The van der Waals surface area contributed by atoms with Gasteiger partial charge in [-0.2, -0.15) is 0 Å². The van der Waals surface area contributed by atoms with Gasteiger partial charge in [-0.05, 0) is 145 Å². The van der Waals surface area contributed by atoms with Gasteiger partial charge in [0.2, 0.25) is 0 Å². The van der Waals surface area contributed by atoms with Crippen molar-refractivity contribution < 1.29 is 28.1 Å².